The lowest BCUT2D eigenvalue weighted by Gasteiger charge is -2.36. The van der Waals surface area contributed by atoms with Gasteiger partial charge in [-0.05, 0) is 12.1 Å². The third-order valence-corrected chi connectivity index (χ3v) is 3.56. The number of anilines is 1. The molecule has 1 aliphatic rings. The Bertz CT molecular complexity index is 483. The minimum atomic E-state index is -0.604. The average Bonchev–Trinajstić information content (AvgIpc) is 2.46. The number of benzene rings is 1. The van der Waals surface area contributed by atoms with Crippen LogP contribution in [0.2, 0.25) is 0 Å². The van der Waals surface area contributed by atoms with Gasteiger partial charge in [-0.15, -0.1) is 0 Å². The summed E-state index contributed by atoms with van der Waals surface area (Å²) in [4.78, 5) is 28.1. The van der Waals surface area contributed by atoms with Crippen LogP contribution < -0.4 is 4.90 Å². The minimum Gasteiger partial charge on any atom is -0.368 e. The van der Waals surface area contributed by atoms with Crippen LogP contribution in [0.5, 0.6) is 0 Å². The molecule has 4 nitrogen and oxygen atoms in total. The molecule has 1 aromatic carbocycles. The van der Waals surface area contributed by atoms with Gasteiger partial charge in [0.15, 0.2) is 0 Å². The highest BCUT2D eigenvalue weighted by Crippen LogP contribution is 2.19. The number of ketones is 1. The predicted molar refractivity (Wildman–Crippen MR) is 79.7 cm³/mol. The molecule has 0 bridgehead atoms. The highest BCUT2D eigenvalue weighted by molar-refractivity contribution is 6.37. The van der Waals surface area contributed by atoms with Crippen molar-refractivity contribution >= 4 is 17.4 Å². The van der Waals surface area contributed by atoms with Crippen molar-refractivity contribution in [1.29, 1.82) is 0 Å². The monoisotopic (exact) mass is 274 g/mol. The van der Waals surface area contributed by atoms with Crippen LogP contribution in [0, 0.1) is 5.41 Å². The Morgan fingerprint density at radius 2 is 1.50 bits per heavy atom. The molecule has 1 saturated heterocycles. The van der Waals surface area contributed by atoms with Gasteiger partial charge in [-0.1, -0.05) is 39.0 Å². The van der Waals surface area contributed by atoms with E-state index in [1.165, 1.54) is 5.69 Å². The van der Waals surface area contributed by atoms with Gasteiger partial charge in [-0.2, -0.15) is 0 Å². The van der Waals surface area contributed by atoms with Crippen LogP contribution in [0.1, 0.15) is 20.8 Å². The first kappa shape index (κ1) is 14.6. The number of nitrogens with zero attached hydrogens (tertiary/aromatic N) is 2. The summed E-state index contributed by atoms with van der Waals surface area (Å²) in [6, 6.07) is 10.1. The Balaban J connectivity index is 1.95. The van der Waals surface area contributed by atoms with Crippen LogP contribution in [0.15, 0.2) is 30.3 Å². The van der Waals surface area contributed by atoms with Crippen LogP contribution in [0.3, 0.4) is 0 Å². The van der Waals surface area contributed by atoms with Gasteiger partial charge in [0.2, 0.25) is 5.78 Å². The molecule has 0 aliphatic carbocycles. The number of Topliss-reactive ketones (excluding diaryl/α,β-unsaturated/α-hetero) is 1. The van der Waals surface area contributed by atoms with Crippen LogP contribution in [0.25, 0.3) is 0 Å². The Morgan fingerprint density at radius 1 is 0.950 bits per heavy atom. The Hall–Kier alpha value is -1.84. The zero-order valence-corrected chi connectivity index (χ0v) is 12.4. The first-order valence-corrected chi connectivity index (χ1v) is 7.03. The molecule has 0 spiro atoms. The molecule has 0 N–H and O–H groups in total. The number of rotatable bonds is 2. The van der Waals surface area contributed by atoms with Gasteiger partial charge < -0.3 is 9.80 Å². The van der Waals surface area contributed by atoms with E-state index in [0.717, 1.165) is 13.1 Å². The molecular formula is C16H22N2O2. The van der Waals surface area contributed by atoms with E-state index in [4.69, 9.17) is 0 Å². The standard InChI is InChI=1S/C16H22N2O2/c1-16(2,3)14(19)15(20)18-11-9-17(10-12-18)13-7-5-4-6-8-13/h4-8H,9-12H2,1-3H3. The highest BCUT2D eigenvalue weighted by atomic mass is 16.2. The van der Waals surface area contributed by atoms with Gasteiger partial charge in [0, 0.05) is 37.3 Å². The third-order valence-electron chi connectivity index (χ3n) is 3.56. The van der Waals surface area contributed by atoms with Gasteiger partial charge >= 0.3 is 0 Å². The van der Waals surface area contributed by atoms with Crippen molar-refractivity contribution in [2.45, 2.75) is 20.8 Å². The minimum absolute atomic E-state index is 0.300. The number of hydrogen-bond donors (Lipinski definition) is 0. The van der Waals surface area contributed by atoms with Crippen molar-refractivity contribution in [1.82, 2.24) is 4.90 Å². The number of amides is 1. The highest BCUT2D eigenvalue weighted by Gasteiger charge is 2.33. The van der Waals surface area contributed by atoms with Crippen molar-refractivity contribution < 1.29 is 9.59 Å². The Labute approximate surface area is 120 Å². The van der Waals surface area contributed by atoms with E-state index in [-0.39, 0.29) is 11.7 Å². The molecule has 20 heavy (non-hydrogen) atoms. The molecule has 0 saturated carbocycles. The van der Waals surface area contributed by atoms with Crippen LogP contribution in [0.4, 0.5) is 5.69 Å². The summed E-state index contributed by atoms with van der Waals surface area (Å²) in [7, 11) is 0. The second-order valence-corrected chi connectivity index (χ2v) is 6.19. The molecule has 0 unspecified atom stereocenters. The molecule has 1 amide bonds. The fourth-order valence-corrected chi connectivity index (χ4v) is 2.27. The Morgan fingerprint density at radius 3 is 2.00 bits per heavy atom. The van der Waals surface area contributed by atoms with Gasteiger partial charge in [0.1, 0.15) is 0 Å². The maximum atomic E-state index is 12.1. The van der Waals surface area contributed by atoms with Crippen molar-refractivity contribution in [2.75, 3.05) is 31.1 Å². The maximum Gasteiger partial charge on any atom is 0.290 e. The van der Waals surface area contributed by atoms with E-state index < -0.39 is 5.41 Å². The number of piperazine rings is 1. The maximum absolute atomic E-state index is 12.1. The lowest BCUT2D eigenvalue weighted by molar-refractivity contribution is -0.148. The van der Waals surface area contributed by atoms with Crippen molar-refractivity contribution in [3.8, 4) is 0 Å². The molecule has 1 aliphatic heterocycles. The SMILES string of the molecule is CC(C)(C)C(=O)C(=O)N1CCN(c2ccccc2)CC1. The van der Waals surface area contributed by atoms with Gasteiger partial charge in [-0.25, -0.2) is 0 Å². The molecular weight excluding hydrogens is 252 g/mol. The summed E-state index contributed by atoms with van der Waals surface area (Å²) in [5.74, 6) is -0.643. The van der Waals surface area contributed by atoms with E-state index in [0.29, 0.717) is 13.1 Å². The lowest BCUT2D eigenvalue weighted by Crippen LogP contribution is -2.52. The first-order valence-electron chi connectivity index (χ1n) is 7.03. The van der Waals surface area contributed by atoms with Crippen LogP contribution >= 0.6 is 0 Å². The van der Waals surface area contributed by atoms with E-state index in [9.17, 15) is 9.59 Å². The lowest BCUT2D eigenvalue weighted by atomic mass is 9.90. The molecule has 4 heteroatoms. The van der Waals surface area contributed by atoms with Crippen molar-refractivity contribution in [3.63, 3.8) is 0 Å². The summed E-state index contributed by atoms with van der Waals surface area (Å²) < 4.78 is 0. The number of carbonyl (C=O) groups excluding carboxylic acids is 2. The van der Waals surface area contributed by atoms with E-state index in [1.54, 1.807) is 25.7 Å². The summed E-state index contributed by atoms with van der Waals surface area (Å²) in [6.45, 7) is 8.11. The average molecular weight is 274 g/mol. The summed E-state index contributed by atoms with van der Waals surface area (Å²) in [5, 5.41) is 0. The zero-order chi connectivity index (χ0) is 14.8. The van der Waals surface area contributed by atoms with Crippen LogP contribution in [-0.2, 0) is 9.59 Å². The quantitative estimate of drug-likeness (QED) is 0.774. The fraction of sp³-hybridized carbons (Fsp3) is 0.500. The molecule has 1 aromatic rings. The number of carbonyl (C=O) groups is 2. The zero-order valence-electron chi connectivity index (χ0n) is 12.4. The smallest absolute Gasteiger partial charge is 0.290 e. The molecule has 0 radical (unpaired) electrons. The van der Waals surface area contributed by atoms with Gasteiger partial charge in [-0.3, -0.25) is 9.59 Å². The molecule has 2 rings (SSSR count). The van der Waals surface area contributed by atoms with E-state index >= 15 is 0 Å². The topological polar surface area (TPSA) is 40.6 Å². The van der Waals surface area contributed by atoms with Gasteiger partial charge in [0.25, 0.3) is 5.91 Å². The van der Waals surface area contributed by atoms with E-state index in [2.05, 4.69) is 17.0 Å². The number of para-hydroxylation sites is 1. The molecule has 108 valence electrons. The Kier molecular flexibility index (Phi) is 4.12. The molecule has 0 aromatic heterocycles. The van der Waals surface area contributed by atoms with E-state index in [1.807, 2.05) is 18.2 Å². The second kappa shape index (κ2) is 5.65. The number of hydrogen-bond acceptors (Lipinski definition) is 3. The first-order chi connectivity index (χ1) is 9.39. The van der Waals surface area contributed by atoms with Gasteiger partial charge in [0.05, 0.1) is 0 Å². The summed E-state index contributed by atoms with van der Waals surface area (Å²) in [5.41, 5.74) is 0.565. The predicted octanol–water partition coefficient (Wildman–Crippen LogP) is 1.95. The molecule has 0 atom stereocenters. The normalized spacial score (nSPS) is 16.1. The summed E-state index contributed by atoms with van der Waals surface area (Å²) >= 11 is 0. The third kappa shape index (κ3) is 3.18. The summed E-state index contributed by atoms with van der Waals surface area (Å²) in [6.07, 6.45) is 0. The molecule has 1 heterocycles. The second-order valence-electron chi connectivity index (χ2n) is 6.19. The fourth-order valence-electron chi connectivity index (χ4n) is 2.27. The van der Waals surface area contributed by atoms with Crippen molar-refractivity contribution in [3.05, 3.63) is 30.3 Å². The largest absolute Gasteiger partial charge is 0.368 e. The van der Waals surface area contributed by atoms with Crippen molar-refractivity contribution in [2.24, 2.45) is 5.41 Å². The van der Waals surface area contributed by atoms with Crippen LogP contribution in [-0.4, -0.2) is 42.8 Å². The molecule has 1 fully saturated rings.